The molecule has 0 N–H and O–H groups in total. The van der Waals surface area contributed by atoms with Crippen molar-refractivity contribution in [1.29, 1.82) is 0 Å². The zero-order chi connectivity index (χ0) is 13.8. The highest BCUT2D eigenvalue weighted by Crippen LogP contribution is 2.28. The summed E-state index contributed by atoms with van der Waals surface area (Å²) >= 11 is 5.98. The molecule has 19 heavy (non-hydrogen) atoms. The van der Waals surface area contributed by atoms with Crippen LogP contribution in [-0.4, -0.2) is 12.4 Å². The lowest BCUT2D eigenvalue weighted by Crippen LogP contribution is -2.23. The van der Waals surface area contributed by atoms with E-state index >= 15 is 0 Å². The fraction of sp³-hybridized carbons (Fsp3) is 0.562. The zero-order valence-corrected chi connectivity index (χ0v) is 12.4. The van der Waals surface area contributed by atoms with Crippen molar-refractivity contribution < 1.29 is 9.53 Å². The van der Waals surface area contributed by atoms with Gasteiger partial charge in [0.1, 0.15) is 12.4 Å². The highest BCUT2D eigenvalue weighted by molar-refractivity contribution is 6.30. The van der Waals surface area contributed by atoms with Crippen molar-refractivity contribution in [2.75, 3.05) is 6.61 Å². The number of ketones is 1. The number of carbonyl (C=O) groups excluding carboxylic acids is 1. The monoisotopic (exact) mass is 280 g/mol. The third-order valence-corrected chi connectivity index (χ3v) is 4.06. The molecule has 2 rings (SSSR count). The summed E-state index contributed by atoms with van der Waals surface area (Å²) in [6.07, 6.45) is 5.67. The van der Waals surface area contributed by atoms with Gasteiger partial charge in [-0.15, -0.1) is 0 Å². The van der Waals surface area contributed by atoms with Crippen LogP contribution in [0.2, 0.25) is 5.02 Å². The first-order valence-electron chi connectivity index (χ1n) is 7.00. The summed E-state index contributed by atoms with van der Waals surface area (Å²) in [6, 6.07) is 3.74. The number of aryl methyl sites for hydroxylation is 2. The Bertz CT molecular complexity index is 439. The van der Waals surface area contributed by atoms with E-state index in [0.717, 1.165) is 29.7 Å². The highest BCUT2D eigenvalue weighted by Gasteiger charge is 2.21. The smallest absolute Gasteiger partial charge is 0.173 e. The van der Waals surface area contributed by atoms with Crippen LogP contribution in [0.1, 0.15) is 43.2 Å². The highest BCUT2D eigenvalue weighted by atomic mass is 35.5. The molecule has 1 aromatic carbocycles. The van der Waals surface area contributed by atoms with Gasteiger partial charge in [0.15, 0.2) is 5.78 Å². The maximum absolute atomic E-state index is 12.1. The van der Waals surface area contributed by atoms with Gasteiger partial charge in [-0.1, -0.05) is 30.9 Å². The molecule has 0 bridgehead atoms. The van der Waals surface area contributed by atoms with Gasteiger partial charge >= 0.3 is 0 Å². The number of halogens is 1. The summed E-state index contributed by atoms with van der Waals surface area (Å²) in [5.41, 5.74) is 1.97. The van der Waals surface area contributed by atoms with Crippen LogP contribution in [0.5, 0.6) is 5.75 Å². The van der Waals surface area contributed by atoms with Crippen molar-refractivity contribution in [3.63, 3.8) is 0 Å². The van der Waals surface area contributed by atoms with E-state index in [-0.39, 0.29) is 18.3 Å². The molecule has 0 radical (unpaired) electrons. The summed E-state index contributed by atoms with van der Waals surface area (Å²) in [4.78, 5) is 12.1. The molecule has 0 aliphatic heterocycles. The van der Waals surface area contributed by atoms with Gasteiger partial charge in [0.25, 0.3) is 0 Å². The van der Waals surface area contributed by atoms with Gasteiger partial charge in [0.05, 0.1) is 0 Å². The molecule has 0 saturated heterocycles. The van der Waals surface area contributed by atoms with E-state index in [1.807, 2.05) is 26.0 Å². The molecule has 0 unspecified atom stereocenters. The van der Waals surface area contributed by atoms with Gasteiger partial charge in [0.2, 0.25) is 0 Å². The first-order chi connectivity index (χ1) is 9.08. The number of ether oxygens (including phenoxy) is 1. The van der Waals surface area contributed by atoms with Crippen LogP contribution in [0, 0.1) is 19.8 Å². The first-order valence-corrected chi connectivity index (χ1v) is 7.38. The third kappa shape index (κ3) is 3.73. The third-order valence-electron chi connectivity index (χ3n) is 3.84. The van der Waals surface area contributed by atoms with Crippen LogP contribution < -0.4 is 4.74 Å². The van der Waals surface area contributed by atoms with E-state index in [1.165, 1.54) is 19.3 Å². The molecular weight excluding hydrogens is 260 g/mol. The van der Waals surface area contributed by atoms with E-state index in [2.05, 4.69) is 0 Å². The largest absolute Gasteiger partial charge is 0.485 e. The Balaban J connectivity index is 1.96. The average molecular weight is 281 g/mol. The first kappa shape index (κ1) is 14.4. The number of hydrogen-bond donors (Lipinski definition) is 0. The molecule has 0 amide bonds. The molecule has 3 heteroatoms. The number of rotatable bonds is 4. The van der Waals surface area contributed by atoms with Gasteiger partial charge < -0.3 is 4.74 Å². The van der Waals surface area contributed by atoms with Crippen LogP contribution in [0.15, 0.2) is 12.1 Å². The predicted molar refractivity (Wildman–Crippen MR) is 78.0 cm³/mol. The van der Waals surface area contributed by atoms with Crippen LogP contribution in [0.25, 0.3) is 0 Å². The quantitative estimate of drug-likeness (QED) is 0.812. The summed E-state index contributed by atoms with van der Waals surface area (Å²) in [7, 11) is 0. The Morgan fingerprint density at radius 1 is 1.21 bits per heavy atom. The van der Waals surface area contributed by atoms with Gasteiger partial charge in [0, 0.05) is 10.9 Å². The van der Waals surface area contributed by atoms with Crippen molar-refractivity contribution >= 4 is 17.4 Å². The summed E-state index contributed by atoms with van der Waals surface area (Å²) < 4.78 is 5.73. The molecule has 0 heterocycles. The minimum absolute atomic E-state index is 0.188. The van der Waals surface area contributed by atoms with Gasteiger partial charge in [-0.25, -0.2) is 0 Å². The molecule has 1 saturated carbocycles. The fourth-order valence-corrected chi connectivity index (χ4v) is 3.14. The Morgan fingerprint density at radius 2 is 1.79 bits per heavy atom. The van der Waals surface area contributed by atoms with Crippen molar-refractivity contribution in [2.24, 2.45) is 5.92 Å². The van der Waals surface area contributed by atoms with Crippen molar-refractivity contribution in [2.45, 2.75) is 46.0 Å². The number of Topliss-reactive ketones (excluding diaryl/α,β-unsaturated/α-hetero) is 1. The lowest BCUT2D eigenvalue weighted by Gasteiger charge is -2.21. The van der Waals surface area contributed by atoms with E-state index in [1.54, 1.807) is 0 Å². The zero-order valence-electron chi connectivity index (χ0n) is 11.7. The van der Waals surface area contributed by atoms with Crippen molar-refractivity contribution in [3.8, 4) is 5.75 Å². The molecule has 1 aromatic rings. The van der Waals surface area contributed by atoms with Gasteiger partial charge in [-0.2, -0.15) is 0 Å². The molecule has 1 fully saturated rings. The van der Waals surface area contributed by atoms with Crippen LogP contribution >= 0.6 is 11.6 Å². The second kappa shape index (κ2) is 6.42. The second-order valence-electron chi connectivity index (χ2n) is 5.46. The van der Waals surface area contributed by atoms with Crippen molar-refractivity contribution in [1.82, 2.24) is 0 Å². The maximum atomic E-state index is 12.1. The number of benzene rings is 1. The molecule has 1 aliphatic carbocycles. The molecule has 0 atom stereocenters. The minimum Gasteiger partial charge on any atom is -0.485 e. The van der Waals surface area contributed by atoms with Crippen LogP contribution in [-0.2, 0) is 4.79 Å². The Morgan fingerprint density at radius 3 is 2.37 bits per heavy atom. The van der Waals surface area contributed by atoms with E-state index in [0.29, 0.717) is 5.02 Å². The summed E-state index contributed by atoms with van der Waals surface area (Å²) in [5, 5.41) is 0.709. The Hall–Kier alpha value is -1.02. The maximum Gasteiger partial charge on any atom is 0.173 e. The van der Waals surface area contributed by atoms with Crippen molar-refractivity contribution in [3.05, 3.63) is 28.3 Å². The summed E-state index contributed by atoms with van der Waals surface area (Å²) in [6.45, 7) is 4.10. The Kier molecular flexibility index (Phi) is 4.87. The SMILES string of the molecule is Cc1cc(Cl)cc(C)c1OCC(=O)C1CCCCC1. The molecule has 1 aliphatic rings. The lowest BCUT2D eigenvalue weighted by molar-refractivity contribution is -0.125. The normalized spacial score (nSPS) is 16.4. The topological polar surface area (TPSA) is 26.3 Å². The second-order valence-corrected chi connectivity index (χ2v) is 5.90. The molecule has 2 nitrogen and oxygen atoms in total. The minimum atomic E-state index is 0.188. The van der Waals surface area contributed by atoms with Gasteiger partial charge in [-0.3, -0.25) is 4.79 Å². The molecule has 0 aromatic heterocycles. The predicted octanol–water partition coefficient (Wildman–Crippen LogP) is 4.49. The van der Waals surface area contributed by atoms with Gasteiger partial charge in [-0.05, 0) is 49.9 Å². The Labute approximate surface area is 120 Å². The lowest BCUT2D eigenvalue weighted by atomic mass is 9.86. The van der Waals surface area contributed by atoms with E-state index in [4.69, 9.17) is 16.3 Å². The van der Waals surface area contributed by atoms with Crippen LogP contribution in [0.4, 0.5) is 0 Å². The molecule has 0 spiro atoms. The molecular formula is C16H21ClO2. The number of carbonyl (C=O) groups is 1. The van der Waals surface area contributed by atoms with E-state index < -0.39 is 0 Å². The summed E-state index contributed by atoms with van der Waals surface area (Å²) in [5.74, 6) is 1.25. The van der Waals surface area contributed by atoms with E-state index in [9.17, 15) is 4.79 Å². The average Bonchev–Trinajstić information content (AvgIpc) is 2.38. The standard InChI is InChI=1S/C16H21ClO2/c1-11-8-14(17)9-12(2)16(11)19-10-15(18)13-6-4-3-5-7-13/h8-9,13H,3-7,10H2,1-2H3. The molecule has 104 valence electrons. The van der Waals surface area contributed by atoms with Crippen LogP contribution in [0.3, 0.4) is 0 Å². The fourth-order valence-electron chi connectivity index (χ4n) is 2.81. The number of hydrogen-bond acceptors (Lipinski definition) is 2.